The lowest BCUT2D eigenvalue weighted by molar-refractivity contribution is -0.131. The van der Waals surface area contributed by atoms with Gasteiger partial charge in [0.1, 0.15) is 6.04 Å². The van der Waals surface area contributed by atoms with Crippen molar-refractivity contribution < 1.29 is 9.59 Å². The molecule has 0 aromatic heterocycles. The molecule has 110 valence electrons. The number of carbonyl (C=O) groups excluding carboxylic acids is 2. The molecule has 0 aromatic carbocycles. The first-order valence-corrected chi connectivity index (χ1v) is 6.97. The van der Waals surface area contributed by atoms with Gasteiger partial charge in [0.2, 0.25) is 11.8 Å². The van der Waals surface area contributed by atoms with Gasteiger partial charge in [0.05, 0.1) is 6.04 Å². The van der Waals surface area contributed by atoms with Crippen LogP contribution in [0.3, 0.4) is 0 Å². The van der Waals surface area contributed by atoms with E-state index in [2.05, 4.69) is 20.9 Å². The molecule has 2 atom stereocenters. The van der Waals surface area contributed by atoms with Gasteiger partial charge in [-0.15, -0.1) is 0 Å². The summed E-state index contributed by atoms with van der Waals surface area (Å²) in [5, 5.41) is 8.81. The molecule has 3 N–H and O–H groups in total. The maximum Gasteiger partial charge on any atom is 0.242 e. The molecule has 1 fully saturated rings. The first-order chi connectivity index (χ1) is 8.91. The molecule has 1 aliphatic rings. The van der Waals surface area contributed by atoms with E-state index >= 15 is 0 Å². The Balaban J connectivity index is 2.42. The van der Waals surface area contributed by atoms with Crippen LogP contribution in [0, 0.1) is 0 Å². The SMILES string of the molecule is CC(C)NC(=O)C(C)NC(=O)C(C)N1CCNCC1. The molecule has 1 aliphatic heterocycles. The number of carbonyl (C=O) groups is 2. The van der Waals surface area contributed by atoms with E-state index in [1.807, 2.05) is 20.8 Å². The van der Waals surface area contributed by atoms with E-state index < -0.39 is 6.04 Å². The van der Waals surface area contributed by atoms with E-state index in [0.717, 1.165) is 26.2 Å². The number of hydrogen-bond acceptors (Lipinski definition) is 4. The molecule has 6 nitrogen and oxygen atoms in total. The predicted molar refractivity (Wildman–Crippen MR) is 74.8 cm³/mol. The van der Waals surface area contributed by atoms with Gasteiger partial charge in [-0.1, -0.05) is 0 Å². The van der Waals surface area contributed by atoms with E-state index in [-0.39, 0.29) is 23.9 Å². The van der Waals surface area contributed by atoms with Gasteiger partial charge >= 0.3 is 0 Å². The van der Waals surface area contributed by atoms with Gasteiger partial charge in [-0.05, 0) is 27.7 Å². The molecular weight excluding hydrogens is 244 g/mol. The fourth-order valence-corrected chi connectivity index (χ4v) is 2.04. The monoisotopic (exact) mass is 270 g/mol. The number of nitrogens with zero attached hydrogens (tertiary/aromatic N) is 1. The third-order valence-electron chi connectivity index (χ3n) is 3.26. The highest BCUT2D eigenvalue weighted by molar-refractivity contribution is 5.89. The zero-order chi connectivity index (χ0) is 14.4. The normalized spacial score (nSPS) is 19.8. The minimum absolute atomic E-state index is 0.0810. The number of rotatable bonds is 5. The van der Waals surface area contributed by atoms with Gasteiger partial charge in [0.15, 0.2) is 0 Å². The van der Waals surface area contributed by atoms with Crippen molar-refractivity contribution in [1.82, 2.24) is 20.9 Å². The molecule has 0 aliphatic carbocycles. The average Bonchev–Trinajstić information content (AvgIpc) is 2.37. The summed E-state index contributed by atoms with van der Waals surface area (Å²) in [4.78, 5) is 26.0. The molecule has 1 heterocycles. The third kappa shape index (κ3) is 5.16. The van der Waals surface area contributed by atoms with Crippen LogP contribution in [0.25, 0.3) is 0 Å². The Hall–Kier alpha value is -1.14. The van der Waals surface area contributed by atoms with Gasteiger partial charge in [-0.25, -0.2) is 0 Å². The number of hydrogen-bond donors (Lipinski definition) is 3. The zero-order valence-electron chi connectivity index (χ0n) is 12.3. The summed E-state index contributed by atoms with van der Waals surface area (Å²) in [5.74, 6) is -0.232. The zero-order valence-corrected chi connectivity index (χ0v) is 12.3. The average molecular weight is 270 g/mol. The van der Waals surface area contributed by atoms with E-state index in [1.54, 1.807) is 6.92 Å². The third-order valence-corrected chi connectivity index (χ3v) is 3.26. The second-order valence-electron chi connectivity index (χ2n) is 5.36. The van der Waals surface area contributed by atoms with Crippen LogP contribution in [0.15, 0.2) is 0 Å². The summed E-state index contributed by atoms with van der Waals surface area (Å²) >= 11 is 0. The molecule has 2 unspecified atom stereocenters. The van der Waals surface area contributed by atoms with Gasteiger partial charge < -0.3 is 16.0 Å². The van der Waals surface area contributed by atoms with E-state index in [4.69, 9.17) is 0 Å². The summed E-state index contributed by atoms with van der Waals surface area (Å²) in [6.45, 7) is 10.9. The Kier molecular flexibility index (Phi) is 6.24. The topological polar surface area (TPSA) is 73.5 Å². The second-order valence-corrected chi connectivity index (χ2v) is 5.36. The standard InChI is InChI=1S/C13H26N4O2/c1-9(2)15-12(18)10(3)16-13(19)11(4)17-7-5-14-6-8-17/h9-11,14H,5-8H2,1-4H3,(H,15,18)(H,16,19). The van der Waals surface area contributed by atoms with Crippen molar-refractivity contribution in [2.24, 2.45) is 0 Å². The maximum atomic E-state index is 12.1. The Morgan fingerprint density at radius 1 is 1.00 bits per heavy atom. The summed E-state index contributed by atoms with van der Waals surface area (Å²) in [6, 6.07) is -0.617. The van der Waals surface area contributed by atoms with E-state index in [1.165, 1.54) is 0 Å². The van der Waals surface area contributed by atoms with Crippen molar-refractivity contribution in [3.05, 3.63) is 0 Å². The smallest absolute Gasteiger partial charge is 0.242 e. The van der Waals surface area contributed by atoms with Crippen LogP contribution in [-0.4, -0.2) is 61.0 Å². The molecule has 2 amide bonds. The molecule has 0 saturated carbocycles. The summed E-state index contributed by atoms with van der Waals surface area (Å²) in [7, 11) is 0. The second kappa shape index (κ2) is 7.45. The molecule has 0 spiro atoms. The lowest BCUT2D eigenvalue weighted by Gasteiger charge is -2.32. The van der Waals surface area contributed by atoms with Crippen molar-refractivity contribution in [1.29, 1.82) is 0 Å². The Morgan fingerprint density at radius 3 is 2.11 bits per heavy atom. The minimum atomic E-state index is -0.500. The fourth-order valence-electron chi connectivity index (χ4n) is 2.04. The summed E-state index contributed by atoms with van der Waals surface area (Å²) in [5.41, 5.74) is 0. The minimum Gasteiger partial charge on any atom is -0.352 e. The highest BCUT2D eigenvalue weighted by Crippen LogP contribution is 2.01. The van der Waals surface area contributed by atoms with Crippen molar-refractivity contribution in [2.45, 2.75) is 45.8 Å². The highest BCUT2D eigenvalue weighted by Gasteiger charge is 2.25. The Morgan fingerprint density at radius 2 is 1.58 bits per heavy atom. The molecule has 0 bridgehead atoms. The van der Waals surface area contributed by atoms with Gasteiger partial charge in [-0.3, -0.25) is 14.5 Å². The largest absolute Gasteiger partial charge is 0.352 e. The first kappa shape index (κ1) is 15.9. The summed E-state index contributed by atoms with van der Waals surface area (Å²) < 4.78 is 0. The Labute approximate surface area is 115 Å². The van der Waals surface area contributed by atoms with E-state index in [9.17, 15) is 9.59 Å². The number of nitrogens with one attached hydrogen (secondary N) is 3. The first-order valence-electron chi connectivity index (χ1n) is 6.97. The molecule has 6 heteroatoms. The molecular formula is C13H26N4O2. The van der Waals surface area contributed by atoms with Crippen LogP contribution in [0.1, 0.15) is 27.7 Å². The highest BCUT2D eigenvalue weighted by atomic mass is 16.2. The molecule has 0 radical (unpaired) electrons. The number of piperazine rings is 1. The van der Waals surface area contributed by atoms with Gasteiger partial charge in [0, 0.05) is 32.2 Å². The predicted octanol–water partition coefficient (Wildman–Crippen LogP) is -0.691. The molecule has 1 saturated heterocycles. The van der Waals surface area contributed by atoms with Crippen molar-refractivity contribution in [2.75, 3.05) is 26.2 Å². The van der Waals surface area contributed by atoms with Crippen molar-refractivity contribution >= 4 is 11.8 Å². The van der Waals surface area contributed by atoms with Gasteiger partial charge in [0.25, 0.3) is 0 Å². The van der Waals surface area contributed by atoms with Crippen LogP contribution >= 0.6 is 0 Å². The van der Waals surface area contributed by atoms with Crippen molar-refractivity contribution in [3.63, 3.8) is 0 Å². The fraction of sp³-hybridized carbons (Fsp3) is 0.846. The molecule has 19 heavy (non-hydrogen) atoms. The quantitative estimate of drug-likeness (QED) is 0.618. The van der Waals surface area contributed by atoms with Crippen LogP contribution in [-0.2, 0) is 9.59 Å². The molecule has 0 aromatic rings. The van der Waals surface area contributed by atoms with E-state index in [0.29, 0.717) is 0 Å². The lowest BCUT2D eigenvalue weighted by atomic mass is 10.2. The van der Waals surface area contributed by atoms with Crippen LogP contribution in [0.2, 0.25) is 0 Å². The Bertz CT molecular complexity index is 314. The summed E-state index contributed by atoms with van der Waals surface area (Å²) in [6.07, 6.45) is 0. The van der Waals surface area contributed by atoms with Crippen molar-refractivity contribution in [3.8, 4) is 0 Å². The van der Waals surface area contributed by atoms with Crippen LogP contribution in [0.4, 0.5) is 0 Å². The van der Waals surface area contributed by atoms with Gasteiger partial charge in [-0.2, -0.15) is 0 Å². The lowest BCUT2D eigenvalue weighted by Crippen LogP contribution is -2.55. The van der Waals surface area contributed by atoms with Crippen LogP contribution in [0.5, 0.6) is 0 Å². The molecule has 1 rings (SSSR count). The maximum absolute atomic E-state index is 12.1. The van der Waals surface area contributed by atoms with Crippen LogP contribution < -0.4 is 16.0 Å². The number of amides is 2.